The molecule has 0 spiro atoms. The molecule has 2 aliphatic heterocycles. The monoisotopic (exact) mass is 513 g/mol. The Bertz CT molecular complexity index is 1450. The molecule has 0 amide bonds. The van der Waals surface area contributed by atoms with Gasteiger partial charge in [0, 0.05) is 50.4 Å². The number of tetrazole rings is 1. The fourth-order valence-corrected chi connectivity index (χ4v) is 5.74. The fourth-order valence-electron chi connectivity index (χ4n) is 5.74. The van der Waals surface area contributed by atoms with Gasteiger partial charge in [0.1, 0.15) is 6.04 Å². The third-order valence-corrected chi connectivity index (χ3v) is 8.01. The molecule has 0 unspecified atom stereocenters. The topological polar surface area (TPSA) is 92.2 Å². The Balaban J connectivity index is 1.34. The van der Waals surface area contributed by atoms with Crippen LogP contribution in [-0.4, -0.2) is 73.9 Å². The largest absolute Gasteiger partial charge is 0.376 e. The molecule has 4 heterocycles. The number of H-pyrrole nitrogens is 1. The van der Waals surface area contributed by atoms with E-state index >= 15 is 0 Å². The Morgan fingerprint density at radius 1 is 1.05 bits per heavy atom. The molecule has 4 aromatic rings. The van der Waals surface area contributed by atoms with Crippen LogP contribution >= 0.6 is 0 Å². The van der Waals surface area contributed by atoms with E-state index in [1.54, 1.807) is 0 Å². The Morgan fingerprint density at radius 3 is 2.61 bits per heavy atom. The number of ether oxygens (including phenoxy) is 1. The summed E-state index contributed by atoms with van der Waals surface area (Å²) in [5.74, 6) is 0.700. The SMILES string of the molecule is Cc1cc2cc([C@@H](c3nnnn3C[C@H]3CCCO3)N3CCN(Cc4ccccc4)CC3)c(=O)[nH]c2cc1C. The van der Waals surface area contributed by atoms with E-state index in [2.05, 4.69) is 86.6 Å². The molecule has 38 heavy (non-hydrogen) atoms. The molecule has 2 aromatic heterocycles. The summed E-state index contributed by atoms with van der Waals surface area (Å²) in [4.78, 5) is 21.5. The van der Waals surface area contributed by atoms with Crippen molar-refractivity contribution >= 4 is 10.9 Å². The fraction of sp³-hybridized carbons (Fsp3) is 0.448. The molecule has 6 rings (SSSR count). The van der Waals surface area contributed by atoms with E-state index in [-0.39, 0.29) is 17.7 Å². The van der Waals surface area contributed by atoms with Gasteiger partial charge in [-0.1, -0.05) is 30.3 Å². The van der Waals surface area contributed by atoms with E-state index in [0.717, 1.165) is 68.6 Å². The lowest BCUT2D eigenvalue weighted by molar-refractivity contribution is 0.0840. The lowest BCUT2D eigenvalue weighted by Gasteiger charge is -2.38. The first-order chi connectivity index (χ1) is 18.5. The summed E-state index contributed by atoms with van der Waals surface area (Å²) in [6, 6.07) is 16.5. The number of hydrogen-bond acceptors (Lipinski definition) is 7. The predicted octanol–water partition coefficient (Wildman–Crippen LogP) is 3.22. The summed E-state index contributed by atoms with van der Waals surface area (Å²) in [5, 5.41) is 13.9. The summed E-state index contributed by atoms with van der Waals surface area (Å²) in [6.45, 7) is 9.90. The van der Waals surface area contributed by atoms with Gasteiger partial charge in [-0.15, -0.1) is 5.10 Å². The highest BCUT2D eigenvalue weighted by atomic mass is 16.5. The molecule has 2 atom stereocenters. The number of nitrogens with zero attached hydrogens (tertiary/aromatic N) is 6. The quantitative estimate of drug-likeness (QED) is 0.406. The third-order valence-electron chi connectivity index (χ3n) is 8.01. The first-order valence-electron chi connectivity index (χ1n) is 13.6. The smallest absolute Gasteiger partial charge is 0.253 e. The number of aryl methyl sites for hydroxylation is 2. The highest BCUT2D eigenvalue weighted by Gasteiger charge is 2.33. The number of aromatic amines is 1. The molecule has 2 fully saturated rings. The van der Waals surface area contributed by atoms with Crippen LogP contribution in [0.2, 0.25) is 0 Å². The molecule has 0 saturated carbocycles. The minimum absolute atomic E-state index is 0.0934. The molecule has 1 N–H and O–H groups in total. The zero-order chi connectivity index (χ0) is 26.1. The Hall–Kier alpha value is -3.40. The second-order valence-corrected chi connectivity index (χ2v) is 10.6. The van der Waals surface area contributed by atoms with Crippen molar-refractivity contribution in [3.63, 3.8) is 0 Å². The van der Waals surface area contributed by atoms with E-state index in [1.807, 2.05) is 10.7 Å². The Labute approximate surface area is 222 Å². The molecule has 0 bridgehead atoms. The van der Waals surface area contributed by atoms with Crippen LogP contribution in [0.15, 0.2) is 53.3 Å². The highest BCUT2D eigenvalue weighted by molar-refractivity contribution is 5.81. The minimum atomic E-state index is -0.347. The highest BCUT2D eigenvalue weighted by Crippen LogP contribution is 2.29. The van der Waals surface area contributed by atoms with Crippen molar-refractivity contribution in [2.24, 2.45) is 0 Å². The molecule has 2 saturated heterocycles. The van der Waals surface area contributed by atoms with Gasteiger partial charge >= 0.3 is 0 Å². The second-order valence-electron chi connectivity index (χ2n) is 10.6. The number of hydrogen-bond donors (Lipinski definition) is 1. The maximum absolute atomic E-state index is 13.6. The van der Waals surface area contributed by atoms with Crippen LogP contribution in [0.1, 0.15) is 47.0 Å². The summed E-state index contributed by atoms with van der Waals surface area (Å²) >= 11 is 0. The van der Waals surface area contributed by atoms with Crippen LogP contribution in [0.25, 0.3) is 10.9 Å². The molecule has 9 nitrogen and oxygen atoms in total. The predicted molar refractivity (Wildman–Crippen MR) is 146 cm³/mol. The number of aromatic nitrogens is 5. The maximum atomic E-state index is 13.6. The third kappa shape index (κ3) is 5.14. The molecule has 0 aliphatic carbocycles. The van der Waals surface area contributed by atoms with Crippen LogP contribution < -0.4 is 5.56 Å². The molecule has 9 heteroatoms. The van der Waals surface area contributed by atoms with Crippen LogP contribution in [0.3, 0.4) is 0 Å². The first kappa shape index (κ1) is 24.9. The average molecular weight is 514 g/mol. The molecule has 198 valence electrons. The van der Waals surface area contributed by atoms with E-state index in [4.69, 9.17) is 4.74 Å². The molecular weight excluding hydrogens is 478 g/mol. The van der Waals surface area contributed by atoms with Gasteiger partial charge in [0.15, 0.2) is 5.82 Å². The van der Waals surface area contributed by atoms with Gasteiger partial charge in [0.25, 0.3) is 5.56 Å². The van der Waals surface area contributed by atoms with Crippen molar-refractivity contribution in [1.82, 2.24) is 35.0 Å². The van der Waals surface area contributed by atoms with Crippen LogP contribution in [0.4, 0.5) is 0 Å². The maximum Gasteiger partial charge on any atom is 0.253 e. The number of piperazine rings is 1. The van der Waals surface area contributed by atoms with Crippen LogP contribution in [0, 0.1) is 13.8 Å². The van der Waals surface area contributed by atoms with E-state index < -0.39 is 0 Å². The van der Waals surface area contributed by atoms with Gasteiger partial charge in [-0.2, -0.15) is 0 Å². The second kappa shape index (κ2) is 10.8. The van der Waals surface area contributed by atoms with Crippen LogP contribution in [-0.2, 0) is 17.8 Å². The van der Waals surface area contributed by atoms with Crippen molar-refractivity contribution in [2.75, 3.05) is 32.8 Å². The molecule has 2 aliphatic rings. The van der Waals surface area contributed by atoms with E-state index in [1.165, 1.54) is 11.1 Å². The number of rotatable bonds is 7. The molecule has 0 radical (unpaired) electrons. The van der Waals surface area contributed by atoms with E-state index in [0.29, 0.717) is 17.9 Å². The average Bonchev–Trinajstić information content (AvgIpc) is 3.60. The number of fused-ring (bicyclic) bond motifs is 1. The van der Waals surface area contributed by atoms with Gasteiger partial charge in [-0.05, 0) is 77.4 Å². The molecule has 2 aromatic carbocycles. The lowest BCUT2D eigenvalue weighted by Crippen LogP contribution is -2.48. The Morgan fingerprint density at radius 2 is 1.84 bits per heavy atom. The Kier molecular flexibility index (Phi) is 7.06. The number of nitrogens with one attached hydrogen (secondary N) is 1. The van der Waals surface area contributed by atoms with Gasteiger partial charge in [0.2, 0.25) is 0 Å². The van der Waals surface area contributed by atoms with Gasteiger partial charge in [0.05, 0.1) is 12.6 Å². The van der Waals surface area contributed by atoms with Crippen molar-refractivity contribution in [3.8, 4) is 0 Å². The summed E-state index contributed by atoms with van der Waals surface area (Å²) in [6.07, 6.45) is 2.15. The summed E-state index contributed by atoms with van der Waals surface area (Å²) in [5.41, 5.74) is 5.11. The van der Waals surface area contributed by atoms with Gasteiger partial charge in [-0.25, -0.2) is 4.68 Å². The van der Waals surface area contributed by atoms with Crippen molar-refractivity contribution in [1.29, 1.82) is 0 Å². The van der Waals surface area contributed by atoms with Crippen molar-refractivity contribution in [2.45, 2.75) is 51.9 Å². The molecular formula is C29H35N7O2. The van der Waals surface area contributed by atoms with Gasteiger partial charge < -0.3 is 9.72 Å². The van der Waals surface area contributed by atoms with Crippen LogP contribution in [0.5, 0.6) is 0 Å². The number of benzene rings is 2. The minimum Gasteiger partial charge on any atom is -0.376 e. The first-order valence-corrected chi connectivity index (χ1v) is 13.6. The normalized spacial score (nSPS) is 19.8. The zero-order valence-electron chi connectivity index (χ0n) is 22.1. The van der Waals surface area contributed by atoms with Crippen molar-refractivity contribution < 1.29 is 4.74 Å². The standard InChI is InChI=1S/C29H35N7O2/c1-20-15-23-17-25(29(37)30-26(23)16-21(20)2)27(28-31-32-33-36(28)19-24-9-6-14-38-24)35-12-10-34(11-13-35)18-22-7-4-3-5-8-22/h3-5,7-8,15-17,24,27H,6,9-14,18-19H2,1-2H3,(H,30,37)/t24-,27+/m1/s1. The summed E-state index contributed by atoms with van der Waals surface area (Å²) < 4.78 is 7.73. The van der Waals surface area contributed by atoms with Crippen molar-refractivity contribution in [3.05, 3.63) is 87.0 Å². The van der Waals surface area contributed by atoms with E-state index in [9.17, 15) is 4.79 Å². The summed E-state index contributed by atoms with van der Waals surface area (Å²) in [7, 11) is 0. The lowest BCUT2D eigenvalue weighted by atomic mass is 10.00. The zero-order valence-corrected chi connectivity index (χ0v) is 22.1. The van der Waals surface area contributed by atoms with Gasteiger partial charge in [-0.3, -0.25) is 14.6 Å². The number of pyridine rings is 1.